The molecule has 0 unspecified atom stereocenters. The molecule has 2 rings (SSSR count). The number of hydrogen-bond acceptors (Lipinski definition) is 4. The third kappa shape index (κ3) is 1.47. The maximum Gasteiger partial charge on any atom is 0.159 e. The van der Waals surface area contributed by atoms with Gasteiger partial charge in [-0.1, -0.05) is 0 Å². The summed E-state index contributed by atoms with van der Waals surface area (Å²) in [5.41, 5.74) is 6.05. The summed E-state index contributed by atoms with van der Waals surface area (Å²) in [7, 11) is 0. The zero-order chi connectivity index (χ0) is 9.97. The van der Waals surface area contributed by atoms with E-state index in [-0.39, 0.29) is 6.54 Å². The van der Waals surface area contributed by atoms with Gasteiger partial charge in [0.15, 0.2) is 5.82 Å². The topological polar surface area (TPSA) is 69.6 Å². The second-order valence-corrected chi connectivity index (χ2v) is 2.68. The summed E-state index contributed by atoms with van der Waals surface area (Å²) in [6.45, 7) is 0.208. The lowest BCUT2D eigenvalue weighted by Crippen LogP contribution is -2.07. The van der Waals surface area contributed by atoms with E-state index in [0.29, 0.717) is 11.4 Å². The fraction of sp³-hybridized carbons (Fsp3) is 0.125. The minimum absolute atomic E-state index is 0.208. The van der Waals surface area contributed by atoms with Crippen molar-refractivity contribution in [3.63, 3.8) is 0 Å². The molecule has 5 nitrogen and oxygen atoms in total. The SMILES string of the molecule is NCc1cc(F)cnc1-n1cncn1. The van der Waals surface area contributed by atoms with Gasteiger partial charge in [-0.2, -0.15) is 5.10 Å². The molecule has 0 saturated carbocycles. The van der Waals surface area contributed by atoms with Gasteiger partial charge < -0.3 is 5.73 Å². The standard InChI is InChI=1S/C8H8FN5/c9-7-1-6(2-10)8(12-3-7)14-5-11-4-13-14/h1,3-5H,2,10H2. The molecule has 0 radical (unpaired) electrons. The zero-order valence-electron chi connectivity index (χ0n) is 7.26. The van der Waals surface area contributed by atoms with Crippen LogP contribution in [0.3, 0.4) is 0 Å². The average molecular weight is 193 g/mol. The van der Waals surface area contributed by atoms with Crippen molar-refractivity contribution >= 4 is 0 Å². The molecular weight excluding hydrogens is 185 g/mol. The second kappa shape index (κ2) is 3.51. The van der Waals surface area contributed by atoms with Gasteiger partial charge in [0.25, 0.3) is 0 Å². The number of pyridine rings is 1. The Morgan fingerprint density at radius 3 is 3.00 bits per heavy atom. The summed E-state index contributed by atoms with van der Waals surface area (Å²) in [6.07, 6.45) is 3.99. The highest BCUT2D eigenvalue weighted by Gasteiger charge is 2.06. The van der Waals surface area contributed by atoms with E-state index in [1.807, 2.05) is 0 Å². The van der Waals surface area contributed by atoms with Crippen molar-refractivity contribution in [1.82, 2.24) is 19.7 Å². The Morgan fingerprint density at radius 2 is 2.36 bits per heavy atom. The van der Waals surface area contributed by atoms with Crippen molar-refractivity contribution < 1.29 is 4.39 Å². The first-order chi connectivity index (χ1) is 6.81. The van der Waals surface area contributed by atoms with Gasteiger partial charge in [-0.3, -0.25) is 0 Å². The van der Waals surface area contributed by atoms with E-state index in [2.05, 4.69) is 15.1 Å². The molecule has 6 heteroatoms. The second-order valence-electron chi connectivity index (χ2n) is 2.68. The summed E-state index contributed by atoms with van der Waals surface area (Å²) >= 11 is 0. The lowest BCUT2D eigenvalue weighted by atomic mass is 10.2. The highest BCUT2D eigenvalue weighted by Crippen LogP contribution is 2.10. The number of nitrogens with zero attached hydrogens (tertiary/aromatic N) is 4. The van der Waals surface area contributed by atoms with Crippen LogP contribution in [0.15, 0.2) is 24.9 Å². The first-order valence-electron chi connectivity index (χ1n) is 4.01. The van der Waals surface area contributed by atoms with Gasteiger partial charge in [0, 0.05) is 12.1 Å². The number of aromatic nitrogens is 4. The van der Waals surface area contributed by atoms with E-state index in [9.17, 15) is 4.39 Å². The number of halogens is 1. The van der Waals surface area contributed by atoms with Crippen LogP contribution < -0.4 is 5.73 Å². The molecule has 0 bridgehead atoms. The zero-order valence-corrected chi connectivity index (χ0v) is 7.26. The maximum atomic E-state index is 12.8. The molecule has 0 amide bonds. The van der Waals surface area contributed by atoms with Crippen LogP contribution in [0.25, 0.3) is 5.82 Å². The predicted octanol–water partition coefficient (Wildman–Crippen LogP) is 0.260. The Morgan fingerprint density at radius 1 is 1.50 bits per heavy atom. The maximum absolute atomic E-state index is 12.8. The molecule has 2 aromatic heterocycles. The predicted molar refractivity (Wildman–Crippen MR) is 47.0 cm³/mol. The largest absolute Gasteiger partial charge is 0.326 e. The fourth-order valence-electron chi connectivity index (χ4n) is 1.15. The molecule has 0 fully saturated rings. The molecule has 0 spiro atoms. The highest BCUT2D eigenvalue weighted by atomic mass is 19.1. The van der Waals surface area contributed by atoms with E-state index < -0.39 is 5.82 Å². The van der Waals surface area contributed by atoms with Crippen LogP contribution >= 0.6 is 0 Å². The molecule has 72 valence electrons. The number of rotatable bonds is 2. The molecule has 0 atom stereocenters. The average Bonchev–Trinajstić information content (AvgIpc) is 2.70. The third-order valence-corrected chi connectivity index (χ3v) is 1.77. The summed E-state index contributed by atoms with van der Waals surface area (Å²) in [4.78, 5) is 7.67. The van der Waals surface area contributed by atoms with E-state index in [1.165, 1.54) is 23.4 Å². The van der Waals surface area contributed by atoms with Crippen molar-refractivity contribution in [2.75, 3.05) is 0 Å². The first-order valence-corrected chi connectivity index (χ1v) is 4.01. The third-order valence-electron chi connectivity index (χ3n) is 1.77. The number of hydrogen-bond donors (Lipinski definition) is 1. The Bertz CT molecular complexity index is 425. The van der Waals surface area contributed by atoms with E-state index in [0.717, 1.165) is 6.20 Å². The van der Waals surface area contributed by atoms with Gasteiger partial charge >= 0.3 is 0 Å². The Balaban J connectivity index is 2.53. The fourth-order valence-corrected chi connectivity index (χ4v) is 1.15. The summed E-state index contributed by atoms with van der Waals surface area (Å²) in [5, 5.41) is 3.89. The van der Waals surface area contributed by atoms with Gasteiger partial charge in [-0.25, -0.2) is 19.0 Å². The van der Waals surface area contributed by atoms with Gasteiger partial charge in [-0.05, 0) is 6.07 Å². The van der Waals surface area contributed by atoms with E-state index in [4.69, 9.17) is 5.73 Å². The van der Waals surface area contributed by atoms with Gasteiger partial charge in [-0.15, -0.1) is 0 Å². The minimum Gasteiger partial charge on any atom is -0.326 e. The first kappa shape index (κ1) is 8.76. The molecule has 2 N–H and O–H groups in total. The lowest BCUT2D eigenvalue weighted by Gasteiger charge is -2.04. The molecule has 2 aromatic rings. The smallest absolute Gasteiger partial charge is 0.159 e. The van der Waals surface area contributed by atoms with Crippen LogP contribution in [0.4, 0.5) is 4.39 Å². The molecular formula is C8H8FN5. The highest BCUT2D eigenvalue weighted by molar-refractivity contribution is 5.32. The van der Waals surface area contributed by atoms with Crippen LogP contribution in [0.2, 0.25) is 0 Å². The monoisotopic (exact) mass is 193 g/mol. The van der Waals surface area contributed by atoms with E-state index in [1.54, 1.807) is 0 Å². The molecule has 2 heterocycles. The van der Waals surface area contributed by atoms with Crippen molar-refractivity contribution in [2.24, 2.45) is 5.73 Å². The van der Waals surface area contributed by atoms with Gasteiger partial charge in [0.05, 0.1) is 6.20 Å². The molecule has 0 aliphatic heterocycles. The minimum atomic E-state index is -0.408. The summed E-state index contributed by atoms with van der Waals surface area (Å²) in [5.74, 6) is 0.0979. The van der Waals surface area contributed by atoms with Crippen LogP contribution in [0, 0.1) is 5.82 Å². The van der Waals surface area contributed by atoms with Crippen molar-refractivity contribution in [3.8, 4) is 5.82 Å². The van der Waals surface area contributed by atoms with Crippen LogP contribution in [-0.4, -0.2) is 19.7 Å². The summed E-state index contributed by atoms with van der Waals surface area (Å²) in [6, 6.07) is 1.34. The number of nitrogens with two attached hydrogens (primary N) is 1. The van der Waals surface area contributed by atoms with Gasteiger partial charge in [0.2, 0.25) is 0 Å². The van der Waals surface area contributed by atoms with Crippen molar-refractivity contribution in [3.05, 3.63) is 36.3 Å². The molecule has 0 aliphatic rings. The van der Waals surface area contributed by atoms with Crippen molar-refractivity contribution in [1.29, 1.82) is 0 Å². The molecule has 14 heavy (non-hydrogen) atoms. The lowest BCUT2D eigenvalue weighted by molar-refractivity contribution is 0.615. The molecule has 0 aliphatic carbocycles. The molecule has 0 saturated heterocycles. The van der Waals surface area contributed by atoms with E-state index >= 15 is 0 Å². The molecule has 0 aromatic carbocycles. The van der Waals surface area contributed by atoms with Gasteiger partial charge in [0.1, 0.15) is 18.5 Å². The quantitative estimate of drug-likeness (QED) is 0.742. The van der Waals surface area contributed by atoms with Crippen LogP contribution in [-0.2, 0) is 6.54 Å². The summed E-state index contributed by atoms with van der Waals surface area (Å²) < 4.78 is 14.3. The Hall–Kier alpha value is -1.82. The van der Waals surface area contributed by atoms with Crippen LogP contribution in [0.1, 0.15) is 5.56 Å². The Labute approximate surface area is 79.4 Å². The normalized spacial score (nSPS) is 10.4. The van der Waals surface area contributed by atoms with Crippen LogP contribution in [0.5, 0.6) is 0 Å². The van der Waals surface area contributed by atoms with Crippen molar-refractivity contribution in [2.45, 2.75) is 6.54 Å². The Kier molecular flexibility index (Phi) is 2.19.